The molecule has 0 saturated heterocycles. The summed E-state index contributed by atoms with van der Waals surface area (Å²) >= 11 is 5.64. The van der Waals surface area contributed by atoms with Gasteiger partial charge in [-0.25, -0.2) is 0 Å². The van der Waals surface area contributed by atoms with Crippen LogP contribution in [0.1, 0.15) is 19.4 Å². The van der Waals surface area contributed by atoms with Crippen LogP contribution in [-0.4, -0.2) is 15.3 Å². The van der Waals surface area contributed by atoms with E-state index in [9.17, 15) is 5.11 Å². The highest BCUT2D eigenvalue weighted by atomic mass is 35.5. The molecule has 0 radical (unpaired) electrons. The normalized spacial score (nSPS) is 10.6. The van der Waals surface area contributed by atoms with Crippen molar-refractivity contribution in [3.63, 3.8) is 0 Å². The van der Waals surface area contributed by atoms with Crippen molar-refractivity contribution in [3.8, 4) is 17.4 Å². The van der Waals surface area contributed by atoms with Crippen LogP contribution >= 0.6 is 11.6 Å². The van der Waals surface area contributed by atoms with Gasteiger partial charge in [0.25, 0.3) is 5.88 Å². The number of hydrogen-bond acceptors (Lipinski definition) is 4. The molecule has 0 atom stereocenters. The number of halogens is 1. The summed E-state index contributed by atoms with van der Waals surface area (Å²) < 4.78 is 5.62. The van der Waals surface area contributed by atoms with Crippen molar-refractivity contribution < 1.29 is 9.84 Å². The van der Waals surface area contributed by atoms with Crippen molar-refractivity contribution in [3.05, 3.63) is 47.6 Å². The lowest BCUT2D eigenvalue weighted by atomic mass is 9.96. The summed E-state index contributed by atoms with van der Waals surface area (Å²) in [5, 5.41) is 17.3. The molecule has 20 heavy (non-hydrogen) atoms. The molecule has 0 unspecified atom stereocenters. The zero-order chi connectivity index (χ0) is 14.7. The molecule has 4 nitrogen and oxygen atoms in total. The number of aromatic nitrogens is 2. The van der Waals surface area contributed by atoms with Crippen molar-refractivity contribution in [1.29, 1.82) is 0 Å². The Bertz CT molecular complexity index is 642. The Morgan fingerprint density at radius 2 is 2.00 bits per heavy atom. The van der Waals surface area contributed by atoms with E-state index >= 15 is 0 Å². The fourth-order valence-corrected chi connectivity index (χ4v) is 1.80. The van der Waals surface area contributed by atoms with Gasteiger partial charge in [-0.3, -0.25) is 0 Å². The third kappa shape index (κ3) is 3.08. The minimum atomic E-state index is -0.157. The Kier molecular flexibility index (Phi) is 4.25. The Labute approximate surface area is 122 Å². The van der Waals surface area contributed by atoms with Crippen molar-refractivity contribution in [2.75, 3.05) is 0 Å². The van der Waals surface area contributed by atoms with E-state index in [0.29, 0.717) is 5.75 Å². The molecular formula is C15H15ClN2O2. The second-order valence-electron chi connectivity index (χ2n) is 4.64. The topological polar surface area (TPSA) is 55.2 Å². The molecular weight excluding hydrogens is 276 g/mol. The van der Waals surface area contributed by atoms with E-state index in [1.807, 2.05) is 18.2 Å². The maximum atomic E-state index is 9.76. The summed E-state index contributed by atoms with van der Waals surface area (Å²) in [7, 11) is 0. The Morgan fingerprint density at radius 1 is 1.30 bits per heavy atom. The standard InChI is InChI=1S/C15H15ClN2O2/c1-9(2)10(3)11-6-4-5-7-13(11)20-15-12(19)8-14(16)17-18-15/h4-9H,3H2,1-2H3,(H,17,19). The number of benzene rings is 1. The largest absolute Gasteiger partial charge is 0.503 e. The first-order valence-corrected chi connectivity index (χ1v) is 6.55. The van der Waals surface area contributed by atoms with Crippen LogP contribution < -0.4 is 4.74 Å². The maximum Gasteiger partial charge on any atom is 0.281 e. The third-order valence-corrected chi connectivity index (χ3v) is 3.03. The zero-order valence-electron chi connectivity index (χ0n) is 11.3. The van der Waals surface area contributed by atoms with E-state index in [0.717, 1.165) is 11.1 Å². The van der Waals surface area contributed by atoms with Crippen molar-refractivity contribution >= 4 is 17.2 Å². The van der Waals surface area contributed by atoms with Gasteiger partial charge in [-0.2, -0.15) is 0 Å². The average Bonchev–Trinajstić information content (AvgIpc) is 2.41. The van der Waals surface area contributed by atoms with Gasteiger partial charge in [0.15, 0.2) is 10.9 Å². The molecule has 0 spiro atoms. The van der Waals surface area contributed by atoms with Gasteiger partial charge in [-0.05, 0) is 17.6 Å². The lowest BCUT2D eigenvalue weighted by Crippen LogP contribution is -1.97. The van der Waals surface area contributed by atoms with Crippen LogP contribution in [0.4, 0.5) is 0 Å². The Hall–Kier alpha value is -2.07. The summed E-state index contributed by atoms with van der Waals surface area (Å²) in [6, 6.07) is 8.73. The van der Waals surface area contributed by atoms with E-state index in [2.05, 4.69) is 30.6 Å². The Balaban J connectivity index is 2.36. The SMILES string of the molecule is C=C(c1ccccc1Oc1nnc(Cl)cc1O)C(C)C. The molecule has 2 aromatic rings. The summed E-state index contributed by atoms with van der Waals surface area (Å²) in [6.07, 6.45) is 0. The predicted molar refractivity (Wildman–Crippen MR) is 79.1 cm³/mol. The Morgan fingerprint density at radius 3 is 2.65 bits per heavy atom. The molecule has 1 aromatic carbocycles. The predicted octanol–water partition coefficient (Wildman–Crippen LogP) is 4.30. The van der Waals surface area contributed by atoms with Gasteiger partial charge < -0.3 is 9.84 Å². The second-order valence-corrected chi connectivity index (χ2v) is 5.02. The van der Waals surface area contributed by atoms with Crippen molar-refractivity contribution in [1.82, 2.24) is 10.2 Å². The minimum absolute atomic E-state index is 0.0124. The van der Waals surface area contributed by atoms with E-state index < -0.39 is 0 Å². The highest BCUT2D eigenvalue weighted by Gasteiger charge is 2.13. The molecule has 5 heteroatoms. The number of nitrogens with zero attached hydrogens (tertiary/aromatic N) is 2. The van der Waals surface area contributed by atoms with Crippen LogP contribution in [0.3, 0.4) is 0 Å². The first kappa shape index (κ1) is 14.3. The lowest BCUT2D eigenvalue weighted by Gasteiger charge is -2.15. The third-order valence-electron chi connectivity index (χ3n) is 2.85. The molecule has 2 rings (SSSR count). The van der Waals surface area contributed by atoms with Crippen LogP contribution in [0.15, 0.2) is 36.9 Å². The smallest absolute Gasteiger partial charge is 0.281 e. The van der Waals surface area contributed by atoms with Gasteiger partial charge in [0.05, 0.1) is 0 Å². The fourth-order valence-electron chi connectivity index (χ4n) is 1.66. The van der Waals surface area contributed by atoms with Gasteiger partial charge in [0.2, 0.25) is 0 Å². The number of para-hydroxylation sites is 1. The highest BCUT2D eigenvalue weighted by Crippen LogP contribution is 2.35. The van der Waals surface area contributed by atoms with Crippen LogP contribution in [0.25, 0.3) is 5.57 Å². The summed E-state index contributed by atoms with van der Waals surface area (Å²) in [4.78, 5) is 0. The number of allylic oxidation sites excluding steroid dienone is 1. The van der Waals surface area contributed by atoms with Crippen LogP contribution in [0, 0.1) is 5.92 Å². The summed E-state index contributed by atoms with van der Waals surface area (Å²) in [6.45, 7) is 8.17. The fraction of sp³-hybridized carbons (Fsp3) is 0.200. The first-order valence-electron chi connectivity index (χ1n) is 6.17. The molecule has 1 aromatic heterocycles. The summed E-state index contributed by atoms with van der Waals surface area (Å²) in [5.74, 6) is 0.705. The maximum absolute atomic E-state index is 9.76. The van der Waals surface area contributed by atoms with E-state index in [1.165, 1.54) is 6.07 Å². The lowest BCUT2D eigenvalue weighted by molar-refractivity contribution is 0.391. The molecule has 0 amide bonds. The van der Waals surface area contributed by atoms with Gasteiger partial charge >= 0.3 is 0 Å². The van der Waals surface area contributed by atoms with E-state index in [1.54, 1.807) is 6.07 Å². The van der Waals surface area contributed by atoms with Gasteiger partial charge in [0, 0.05) is 11.6 Å². The molecule has 0 aliphatic rings. The molecule has 104 valence electrons. The quantitative estimate of drug-likeness (QED) is 0.912. The molecule has 1 heterocycles. The van der Waals surface area contributed by atoms with Crippen LogP contribution in [0.2, 0.25) is 5.15 Å². The number of hydrogen-bond donors (Lipinski definition) is 1. The average molecular weight is 291 g/mol. The highest BCUT2D eigenvalue weighted by molar-refractivity contribution is 6.29. The van der Waals surface area contributed by atoms with Crippen molar-refractivity contribution in [2.45, 2.75) is 13.8 Å². The minimum Gasteiger partial charge on any atom is -0.503 e. The van der Waals surface area contributed by atoms with E-state index in [-0.39, 0.29) is 22.7 Å². The zero-order valence-corrected chi connectivity index (χ0v) is 12.1. The monoisotopic (exact) mass is 290 g/mol. The molecule has 0 fully saturated rings. The molecule has 0 aliphatic carbocycles. The van der Waals surface area contributed by atoms with Crippen LogP contribution in [-0.2, 0) is 0 Å². The van der Waals surface area contributed by atoms with Crippen molar-refractivity contribution in [2.24, 2.45) is 5.92 Å². The number of ether oxygens (including phenoxy) is 1. The molecule has 0 saturated carbocycles. The molecule has 1 N–H and O–H groups in total. The van der Waals surface area contributed by atoms with E-state index in [4.69, 9.17) is 16.3 Å². The summed E-state index contributed by atoms with van der Waals surface area (Å²) in [5.41, 5.74) is 1.82. The molecule has 0 bridgehead atoms. The number of aromatic hydroxyl groups is 1. The van der Waals surface area contributed by atoms with Crippen LogP contribution in [0.5, 0.6) is 17.4 Å². The van der Waals surface area contributed by atoms with Gasteiger partial charge in [-0.1, -0.05) is 50.2 Å². The van der Waals surface area contributed by atoms with Gasteiger partial charge in [0.1, 0.15) is 5.75 Å². The molecule has 0 aliphatic heterocycles. The first-order chi connectivity index (χ1) is 9.49. The number of rotatable bonds is 4. The second kappa shape index (κ2) is 5.92. The van der Waals surface area contributed by atoms with Gasteiger partial charge in [-0.15, -0.1) is 10.2 Å².